The number of rotatable bonds is 10. The van der Waals surface area contributed by atoms with Crippen molar-refractivity contribution >= 4 is 12.0 Å². The fourth-order valence-electron chi connectivity index (χ4n) is 3.39. The van der Waals surface area contributed by atoms with Gasteiger partial charge in [-0.25, -0.2) is 0 Å². The van der Waals surface area contributed by atoms with Gasteiger partial charge in [0.25, 0.3) is 0 Å². The average Bonchev–Trinajstić information content (AvgIpc) is 3.11. The van der Waals surface area contributed by atoms with E-state index in [-0.39, 0.29) is 5.91 Å². The molecule has 1 heterocycles. The van der Waals surface area contributed by atoms with Gasteiger partial charge in [0.1, 0.15) is 0 Å². The third-order valence-electron chi connectivity index (χ3n) is 4.97. The molecule has 0 saturated heterocycles. The van der Waals surface area contributed by atoms with E-state index in [4.69, 9.17) is 9.47 Å². The van der Waals surface area contributed by atoms with Gasteiger partial charge in [-0.05, 0) is 61.2 Å². The lowest BCUT2D eigenvalue weighted by atomic mass is 10.1. The molecule has 6 heteroatoms. The van der Waals surface area contributed by atoms with Crippen molar-refractivity contribution in [2.24, 2.45) is 0 Å². The van der Waals surface area contributed by atoms with Crippen molar-refractivity contribution in [2.45, 2.75) is 40.3 Å². The van der Waals surface area contributed by atoms with Crippen LogP contribution >= 0.6 is 0 Å². The number of benzene rings is 2. The number of ether oxygens (including phenoxy) is 2. The lowest BCUT2D eigenvalue weighted by Gasteiger charge is -2.10. The highest BCUT2D eigenvalue weighted by Crippen LogP contribution is 2.28. The number of aryl methyl sites for hydroxylation is 2. The quantitative estimate of drug-likeness (QED) is 0.472. The van der Waals surface area contributed by atoms with Crippen LogP contribution in [0.3, 0.4) is 0 Å². The van der Waals surface area contributed by atoms with Crippen LogP contribution in [0.1, 0.15) is 41.4 Å². The Balaban J connectivity index is 1.56. The van der Waals surface area contributed by atoms with Gasteiger partial charge in [-0.15, -0.1) is 0 Å². The Bertz CT molecular complexity index is 1090. The second kappa shape index (κ2) is 11.2. The molecular formula is C26H31N3O3. The largest absolute Gasteiger partial charge is 0.493 e. The van der Waals surface area contributed by atoms with E-state index in [0.717, 1.165) is 34.5 Å². The SMILES string of the molecule is CCCOc1ccc(C=CC(=O)NCc2cccc(Cn3nc(C)cc3C)c2)cc1OC. The monoisotopic (exact) mass is 433 g/mol. The van der Waals surface area contributed by atoms with Crippen molar-refractivity contribution in [1.29, 1.82) is 0 Å². The topological polar surface area (TPSA) is 65.4 Å². The van der Waals surface area contributed by atoms with E-state index in [2.05, 4.69) is 42.5 Å². The molecule has 0 saturated carbocycles. The minimum Gasteiger partial charge on any atom is -0.493 e. The molecule has 168 valence electrons. The maximum Gasteiger partial charge on any atom is 0.244 e. The summed E-state index contributed by atoms with van der Waals surface area (Å²) in [5, 5.41) is 7.46. The van der Waals surface area contributed by atoms with Crippen LogP contribution in [0.25, 0.3) is 6.08 Å². The van der Waals surface area contributed by atoms with E-state index in [9.17, 15) is 4.79 Å². The number of methoxy groups -OCH3 is 1. The number of carbonyl (C=O) groups is 1. The number of aromatic nitrogens is 2. The van der Waals surface area contributed by atoms with Crippen LogP contribution in [0.2, 0.25) is 0 Å². The molecule has 0 radical (unpaired) electrons. The zero-order valence-electron chi connectivity index (χ0n) is 19.2. The van der Waals surface area contributed by atoms with Gasteiger partial charge < -0.3 is 14.8 Å². The second-order valence-corrected chi connectivity index (χ2v) is 7.71. The molecule has 0 aliphatic heterocycles. The molecule has 0 atom stereocenters. The number of hydrogen-bond donors (Lipinski definition) is 1. The van der Waals surface area contributed by atoms with Crippen LogP contribution in [-0.4, -0.2) is 29.4 Å². The summed E-state index contributed by atoms with van der Waals surface area (Å²) in [5.41, 5.74) is 5.21. The first-order valence-corrected chi connectivity index (χ1v) is 10.8. The summed E-state index contributed by atoms with van der Waals surface area (Å²) < 4.78 is 13.0. The van der Waals surface area contributed by atoms with Crippen molar-refractivity contribution in [1.82, 2.24) is 15.1 Å². The van der Waals surface area contributed by atoms with E-state index >= 15 is 0 Å². The maximum absolute atomic E-state index is 12.3. The zero-order valence-corrected chi connectivity index (χ0v) is 19.2. The van der Waals surface area contributed by atoms with Crippen molar-refractivity contribution < 1.29 is 14.3 Å². The number of nitrogens with one attached hydrogen (secondary N) is 1. The number of nitrogens with zero attached hydrogens (tertiary/aromatic N) is 2. The smallest absolute Gasteiger partial charge is 0.244 e. The first kappa shape index (κ1) is 23.1. The number of hydrogen-bond acceptors (Lipinski definition) is 4. The predicted octanol–water partition coefficient (Wildman–Crippen LogP) is 4.68. The van der Waals surface area contributed by atoms with E-state index in [1.165, 1.54) is 6.08 Å². The maximum atomic E-state index is 12.3. The third-order valence-corrected chi connectivity index (χ3v) is 4.97. The molecule has 0 aliphatic rings. The summed E-state index contributed by atoms with van der Waals surface area (Å²) in [6.45, 7) is 7.91. The van der Waals surface area contributed by atoms with Crippen molar-refractivity contribution in [3.63, 3.8) is 0 Å². The van der Waals surface area contributed by atoms with Crippen LogP contribution in [0.4, 0.5) is 0 Å². The molecular weight excluding hydrogens is 402 g/mol. The summed E-state index contributed by atoms with van der Waals surface area (Å²) >= 11 is 0. The minimum absolute atomic E-state index is 0.153. The van der Waals surface area contributed by atoms with Gasteiger partial charge in [0.15, 0.2) is 11.5 Å². The molecule has 3 rings (SSSR count). The van der Waals surface area contributed by atoms with Crippen LogP contribution in [0.15, 0.2) is 54.6 Å². The molecule has 0 aliphatic carbocycles. The molecule has 0 spiro atoms. The Morgan fingerprint density at radius 1 is 1.09 bits per heavy atom. The molecule has 1 amide bonds. The van der Waals surface area contributed by atoms with Crippen LogP contribution < -0.4 is 14.8 Å². The molecule has 32 heavy (non-hydrogen) atoms. The second-order valence-electron chi connectivity index (χ2n) is 7.71. The highest BCUT2D eigenvalue weighted by atomic mass is 16.5. The Morgan fingerprint density at radius 2 is 1.91 bits per heavy atom. The minimum atomic E-state index is -0.153. The fraction of sp³-hybridized carbons (Fsp3) is 0.308. The van der Waals surface area contributed by atoms with Gasteiger partial charge in [0.2, 0.25) is 5.91 Å². The van der Waals surface area contributed by atoms with Crippen molar-refractivity contribution in [3.05, 3.63) is 82.7 Å². The molecule has 1 aromatic heterocycles. The van der Waals surface area contributed by atoms with E-state index in [1.807, 2.05) is 41.9 Å². The Kier molecular flexibility index (Phi) is 8.08. The van der Waals surface area contributed by atoms with E-state index in [1.54, 1.807) is 13.2 Å². The van der Waals surface area contributed by atoms with Gasteiger partial charge >= 0.3 is 0 Å². The molecule has 1 N–H and O–H groups in total. The molecule has 3 aromatic rings. The summed E-state index contributed by atoms with van der Waals surface area (Å²) in [4.78, 5) is 12.3. The molecule has 0 unspecified atom stereocenters. The average molecular weight is 434 g/mol. The Morgan fingerprint density at radius 3 is 2.62 bits per heavy atom. The van der Waals surface area contributed by atoms with Crippen molar-refractivity contribution in [3.8, 4) is 11.5 Å². The number of carbonyl (C=O) groups excluding carboxylic acids is 1. The highest BCUT2D eigenvalue weighted by Gasteiger charge is 2.06. The van der Waals surface area contributed by atoms with Gasteiger partial charge in [-0.3, -0.25) is 9.48 Å². The fourth-order valence-corrected chi connectivity index (χ4v) is 3.39. The molecule has 2 aromatic carbocycles. The van der Waals surface area contributed by atoms with Gasteiger partial charge in [-0.1, -0.05) is 37.3 Å². The van der Waals surface area contributed by atoms with Crippen LogP contribution in [0.5, 0.6) is 11.5 Å². The zero-order chi connectivity index (χ0) is 22.9. The Hall–Kier alpha value is -3.54. The number of amides is 1. The third kappa shape index (κ3) is 6.48. The van der Waals surface area contributed by atoms with E-state index in [0.29, 0.717) is 31.2 Å². The highest BCUT2D eigenvalue weighted by molar-refractivity contribution is 5.91. The first-order valence-electron chi connectivity index (χ1n) is 10.8. The summed E-state index contributed by atoms with van der Waals surface area (Å²) in [6, 6.07) is 15.9. The summed E-state index contributed by atoms with van der Waals surface area (Å²) in [5.74, 6) is 1.20. The van der Waals surface area contributed by atoms with Crippen molar-refractivity contribution in [2.75, 3.05) is 13.7 Å². The lowest BCUT2D eigenvalue weighted by molar-refractivity contribution is -0.116. The van der Waals surface area contributed by atoms with E-state index < -0.39 is 0 Å². The standard InChI is InChI=1S/C26H31N3O3/c1-5-13-32-24-11-9-21(16-25(24)31-4)10-12-26(30)27-17-22-7-6-8-23(15-22)18-29-20(3)14-19(2)28-29/h6-12,14-16H,5,13,17-18H2,1-4H3,(H,27,30). The predicted molar refractivity (Wildman–Crippen MR) is 127 cm³/mol. The normalized spacial score (nSPS) is 11.0. The first-order chi connectivity index (χ1) is 15.5. The summed E-state index contributed by atoms with van der Waals surface area (Å²) in [6.07, 6.45) is 4.22. The van der Waals surface area contributed by atoms with Crippen LogP contribution in [0, 0.1) is 13.8 Å². The molecule has 0 fully saturated rings. The van der Waals surface area contributed by atoms with Gasteiger partial charge in [0, 0.05) is 18.3 Å². The van der Waals surface area contributed by atoms with Gasteiger partial charge in [-0.2, -0.15) is 5.10 Å². The van der Waals surface area contributed by atoms with Gasteiger partial charge in [0.05, 0.1) is 26.0 Å². The molecule has 6 nitrogen and oxygen atoms in total. The molecule has 0 bridgehead atoms. The summed E-state index contributed by atoms with van der Waals surface area (Å²) in [7, 11) is 1.61. The van der Waals surface area contributed by atoms with Crippen LogP contribution in [-0.2, 0) is 17.9 Å². The Labute approximate surface area is 189 Å². The lowest BCUT2D eigenvalue weighted by Crippen LogP contribution is -2.20.